The van der Waals surface area contributed by atoms with Gasteiger partial charge in [-0.25, -0.2) is 4.79 Å². The molecule has 1 aromatic carbocycles. The zero-order valence-electron chi connectivity index (χ0n) is 13.4. The summed E-state index contributed by atoms with van der Waals surface area (Å²) in [6, 6.07) is 6.62. The first-order valence-corrected chi connectivity index (χ1v) is 7.29. The zero-order chi connectivity index (χ0) is 16.8. The smallest absolute Gasteiger partial charge is 0.356 e. The average Bonchev–Trinajstić information content (AvgIpc) is 3.05. The molecule has 120 valence electrons. The summed E-state index contributed by atoms with van der Waals surface area (Å²) in [5.74, 6) is 5.18. The van der Waals surface area contributed by atoms with Gasteiger partial charge in [0.15, 0.2) is 0 Å². The number of benzene rings is 1. The van der Waals surface area contributed by atoms with Crippen molar-refractivity contribution >= 4 is 11.5 Å². The van der Waals surface area contributed by atoms with Crippen LogP contribution in [0.2, 0.25) is 0 Å². The molecule has 23 heavy (non-hydrogen) atoms. The molecule has 0 atom stereocenters. The number of rotatable bonds is 5. The minimum absolute atomic E-state index is 0.357. The molecule has 0 aliphatic carbocycles. The quantitative estimate of drug-likeness (QED) is 0.670. The van der Waals surface area contributed by atoms with E-state index in [0.29, 0.717) is 17.3 Å². The van der Waals surface area contributed by atoms with Crippen molar-refractivity contribution in [2.45, 2.75) is 27.2 Å². The van der Waals surface area contributed by atoms with Crippen LogP contribution in [0.1, 0.15) is 43.4 Å². The van der Waals surface area contributed by atoms with Crippen molar-refractivity contribution in [1.29, 1.82) is 0 Å². The number of carbonyl (C=O) groups is 1. The Morgan fingerprint density at radius 3 is 2.61 bits per heavy atom. The molecular weight excluding hydrogens is 294 g/mol. The predicted octanol–water partition coefficient (Wildman–Crippen LogP) is 3.53. The van der Waals surface area contributed by atoms with Gasteiger partial charge in [0.2, 0.25) is 5.82 Å². The van der Waals surface area contributed by atoms with E-state index in [1.807, 2.05) is 19.9 Å². The zero-order valence-corrected chi connectivity index (χ0v) is 13.4. The van der Waals surface area contributed by atoms with Crippen LogP contribution in [0.15, 0.2) is 46.5 Å². The van der Waals surface area contributed by atoms with Gasteiger partial charge in [0.05, 0.1) is 5.56 Å². The second-order valence-corrected chi connectivity index (χ2v) is 4.90. The van der Waals surface area contributed by atoms with Crippen LogP contribution in [0.5, 0.6) is 0 Å². The van der Waals surface area contributed by atoms with Gasteiger partial charge in [-0.2, -0.15) is 10.9 Å². The molecule has 0 bridgehead atoms. The summed E-state index contributed by atoms with van der Waals surface area (Å²) in [6.07, 6.45) is 4.98. The van der Waals surface area contributed by atoms with E-state index < -0.39 is 5.97 Å². The molecule has 0 fully saturated rings. The van der Waals surface area contributed by atoms with Crippen molar-refractivity contribution in [3.8, 4) is 11.4 Å². The van der Waals surface area contributed by atoms with Crippen molar-refractivity contribution in [2.24, 2.45) is 5.90 Å². The highest BCUT2D eigenvalue weighted by atomic mass is 16.7. The third kappa shape index (κ3) is 3.73. The van der Waals surface area contributed by atoms with Gasteiger partial charge in [-0.05, 0) is 38.0 Å². The van der Waals surface area contributed by atoms with Crippen LogP contribution in [0, 0.1) is 0 Å². The fourth-order valence-electron chi connectivity index (χ4n) is 2.21. The van der Waals surface area contributed by atoms with Gasteiger partial charge in [-0.15, -0.1) is 0 Å². The monoisotopic (exact) mass is 313 g/mol. The minimum Gasteiger partial charge on any atom is -0.370 e. The van der Waals surface area contributed by atoms with Gasteiger partial charge in [0, 0.05) is 11.1 Å². The molecular formula is C17H19N3O3. The number of carbonyl (C=O) groups excluding carboxylic acids is 1. The Hall–Kier alpha value is -2.73. The lowest BCUT2D eigenvalue weighted by Gasteiger charge is -2.01. The molecule has 0 aliphatic rings. The molecule has 2 N–H and O–H groups in total. The second kappa shape index (κ2) is 7.51. The molecule has 0 saturated heterocycles. The minimum atomic E-state index is -0.595. The standard InChI is InChI=1S/C17H19N3O3/c1-4-6-11(3)14(5-2)16-19-15(20-23-16)12-7-9-13(10-8-12)17(21)22-18/h5-10H,4,18H2,1-3H3/b11-6-,14-5+. The lowest BCUT2D eigenvalue weighted by Crippen LogP contribution is -2.09. The lowest BCUT2D eigenvalue weighted by atomic mass is 10.1. The Morgan fingerprint density at radius 1 is 1.35 bits per heavy atom. The second-order valence-electron chi connectivity index (χ2n) is 4.90. The number of aromatic nitrogens is 2. The van der Waals surface area contributed by atoms with Crippen molar-refractivity contribution in [2.75, 3.05) is 0 Å². The van der Waals surface area contributed by atoms with Crippen LogP contribution in [-0.4, -0.2) is 16.1 Å². The maximum Gasteiger partial charge on any atom is 0.356 e. The molecule has 1 aromatic heterocycles. The summed E-state index contributed by atoms with van der Waals surface area (Å²) in [5.41, 5.74) is 3.09. The Morgan fingerprint density at radius 2 is 2.04 bits per heavy atom. The molecule has 6 nitrogen and oxygen atoms in total. The van der Waals surface area contributed by atoms with E-state index in [2.05, 4.69) is 28.0 Å². The third-order valence-electron chi connectivity index (χ3n) is 3.37. The average molecular weight is 313 g/mol. The molecule has 0 aliphatic heterocycles. The lowest BCUT2D eigenvalue weighted by molar-refractivity contribution is 0.0503. The summed E-state index contributed by atoms with van der Waals surface area (Å²) in [4.78, 5) is 19.9. The number of nitrogens with zero attached hydrogens (tertiary/aromatic N) is 2. The summed E-state index contributed by atoms with van der Waals surface area (Å²) in [6.45, 7) is 6.01. The van der Waals surface area contributed by atoms with Crippen LogP contribution in [0.3, 0.4) is 0 Å². The maximum atomic E-state index is 11.3. The van der Waals surface area contributed by atoms with Crippen LogP contribution < -0.4 is 5.90 Å². The van der Waals surface area contributed by atoms with Gasteiger partial charge in [0.25, 0.3) is 5.89 Å². The molecule has 0 radical (unpaired) electrons. The van der Waals surface area contributed by atoms with E-state index in [0.717, 1.165) is 23.1 Å². The Balaban J connectivity index is 2.28. The molecule has 1 heterocycles. The summed E-state index contributed by atoms with van der Waals surface area (Å²) in [5, 5.41) is 4.00. The highest BCUT2D eigenvalue weighted by Gasteiger charge is 2.14. The number of allylic oxidation sites excluding steroid dienone is 4. The first-order valence-electron chi connectivity index (χ1n) is 7.29. The van der Waals surface area contributed by atoms with E-state index in [1.165, 1.54) is 0 Å². The van der Waals surface area contributed by atoms with Crippen molar-refractivity contribution in [1.82, 2.24) is 10.1 Å². The van der Waals surface area contributed by atoms with Crippen LogP contribution in [0.25, 0.3) is 17.0 Å². The first kappa shape index (κ1) is 16.6. The highest BCUT2D eigenvalue weighted by Crippen LogP contribution is 2.24. The van der Waals surface area contributed by atoms with Gasteiger partial charge >= 0.3 is 5.97 Å². The summed E-state index contributed by atoms with van der Waals surface area (Å²) in [7, 11) is 0. The van der Waals surface area contributed by atoms with E-state index in [-0.39, 0.29) is 0 Å². The fourth-order valence-corrected chi connectivity index (χ4v) is 2.21. The fraction of sp³-hybridized carbons (Fsp3) is 0.235. The molecule has 0 spiro atoms. The molecule has 0 unspecified atom stereocenters. The predicted molar refractivity (Wildman–Crippen MR) is 87.0 cm³/mol. The van der Waals surface area contributed by atoms with E-state index in [4.69, 9.17) is 10.4 Å². The largest absolute Gasteiger partial charge is 0.370 e. The van der Waals surface area contributed by atoms with Crippen molar-refractivity contribution < 1.29 is 14.2 Å². The van der Waals surface area contributed by atoms with Gasteiger partial charge in [-0.3, -0.25) is 0 Å². The van der Waals surface area contributed by atoms with E-state index in [9.17, 15) is 4.79 Å². The number of hydrogen-bond donors (Lipinski definition) is 1. The summed E-state index contributed by atoms with van der Waals surface area (Å²) >= 11 is 0. The first-order chi connectivity index (χ1) is 11.1. The third-order valence-corrected chi connectivity index (χ3v) is 3.37. The Bertz CT molecular complexity index is 743. The van der Waals surface area contributed by atoms with Gasteiger partial charge in [-0.1, -0.05) is 36.4 Å². The maximum absolute atomic E-state index is 11.3. The topological polar surface area (TPSA) is 91.2 Å². The molecule has 0 amide bonds. The van der Waals surface area contributed by atoms with Crippen LogP contribution in [0.4, 0.5) is 0 Å². The normalized spacial score (nSPS) is 12.3. The SMILES string of the molecule is C/C=C(\C(C)=C/CC)c1nc(-c2ccc(C(=O)ON)cc2)no1. The number of hydrogen-bond acceptors (Lipinski definition) is 6. The van der Waals surface area contributed by atoms with Crippen molar-refractivity contribution in [3.63, 3.8) is 0 Å². The molecule has 6 heteroatoms. The summed E-state index contributed by atoms with van der Waals surface area (Å²) < 4.78 is 5.36. The van der Waals surface area contributed by atoms with Crippen molar-refractivity contribution in [3.05, 3.63) is 53.4 Å². The van der Waals surface area contributed by atoms with Gasteiger partial charge in [0.1, 0.15) is 0 Å². The molecule has 2 rings (SSSR count). The van der Waals surface area contributed by atoms with E-state index in [1.54, 1.807) is 24.3 Å². The Kier molecular flexibility index (Phi) is 5.43. The molecule has 2 aromatic rings. The van der Waals surface area contributed by atoms with Gasteiger partial charge < -0.3 is 9.36 Å². The van der Waals surface area contributed by atoms with Crippen LogP contribution in [-0.2, 0) is 4.84 Å². The highest BCUT2D eigenvalue weighted by molar-refractivity contribution is 5.89. The van der Waals surface area contributed by atoms with E-state index >= 15 is 0 Å². The van der Waals surface area contributed by atoms with Crippen LogP contribution >= 0.6 is 0 Å². The Labute approximate surface area is 134 Å². The molecule has 0 saturated carbocycles. The number of nitrogens with two attached hydrogens (primary N) is 1.